The molecule has 0 aromatic carbocycles. The van der Waals surface area contributed by atoms with E-state index in [1.54, 1.807) is 0 Å². The van der Waals surface area contributed by atoms with Gasteiger partial charge in [-0.3, -0.25) is 72.5 Å². The Labute approximate surface area is 479 Å². The zero-order valence-corrected chi connectivity index (χ0v) is 45.5. The number of hydrogen-bond acceptors (Lipinski definition) is 23. The van der Waals surface area contributed by atoms with Crippen LogP contribution in [0.1, 0.15) is 52.0 Å². The summed E-state index contributed by atoms with van der Waals surface area (Å²) in [4.78, 5) is 182. The Morgan fingerprint density at radius 1 is 0.753 bits per heavy atom. The lowest BCUT2D eigenvalue weighted by molar-refractivity contribution is -0.173. The molecule has 0 bridgehead atoms. The number of aliphatic imine (C=N–C) groups is 1. The summed E-state index contributed by atoms with van der Waals surface area (Å²) >= 11 is 0. The minimum Gasteiger partial charge on any atom is -0.504 e. The molecule has 4 heterocycles. The number of carboxylic acid groups (broad SMARTS) is 1. The molecule has 1 aliphatic carbocycles. The summed E-state index contributed by atoms with van der Waals surface area (Å²) in [6, 6.07) is -8.29. The quantitative estimate of drug-likeness (QED) is 0.0369. The van der Waals surface area contributed by atoms with Crippen molar-refractivity contribution in [1.29, 1.82) is 0 Å². The van der Waals surface area contributed by atoms with Gasteiger partial charge in [-0.25, -0.2) is 9.86 Å². The number of carbonyl (C=O) groups is 13. The van der Waals surface area contributed by atoms with Crippen molar-refractivity contribution in [2.75, 3.05) is 63.1 Å². The number of carbonyl (C=O) groups excluding carboxylic acids is 12. The second-order valence-electron chi connectivity index (χ2n) is 19.5. The number of nitrogens with zero attached hydrogens (tertiary/aromatic N) is 3. The number of pyridine rings is 1. The third-order valence-corrected chi connectivity index (χ3v) is 13.2. The number of nitrogens with two attached hydrogens (primary N) is 1. The van der Waals surface area contributed by atoms with E-state index in [1.165, 1.54) is 17.6 Å². The average molecular weight is 1200 g/mol. The summed E-state index contributed by atoms with van der Waals surface area (Å²) in [5.74, 6) is -14.6. The fourth-order valence-electron chi connectivity index (χ4n) is 8.66. The number of anilines is 2. The minimum absolute atomic E-state index is 0.0119. The number of phenols is 1. The molecule has 12 amide bonds. The Balaban J connectivity index is 1.11. The molecule has 0 saturated carbocycles. The summed E-state index contributed by atoms with van der Waals surface area (Å²) in [5, 5.41) is 98.6. The van der Waals surface area contributed by atoms with Crippen LogP contribution in [0.5, 0.6) is 5.75 Å². The Morgan fingerprint density at radius 2 is 1.40 bits per heavy atom. The van der Waals surface area contributed by atoms with E-state index >= 15 is 0 Å². The molecule has 4 aliphatic heterocycles. The van der Waals surface area contributed by atoms with Gasteiger partial charge in [-0.2, -0.15) is 0 Å². The number of nitrogens with one attached hydrogen (secondary N) is 12. The lowest BCUT2D eigenvalue weighted by atomic mass is 10.0. The number of amides is 12. The number of phenolic OH excluding ortho intramolecular Hbond substituents is 1. The molecule has 10 atom stereocenters. The molecule has 10 unspecified atom stereocenters. The first-order valence-corrected chi connectivity index (χ1v) is 26.1. The van der Waals surface area contributed by atoms with Gasteiger partial charge in [0, 0.05) is 31.3 Å². The zero-order chi connectivity index (χ0) is 63.0. The van der Waals surface area contributed by atoms with E-state index in [-0.39, 0.29) is 67.5 Å². The number of aliphatic hydroxyl groups excluding tert-OH is 4. The van der Waals surface area contributed by atoms with Crippen LogP contribution >= 0.6 is 0 Å². The topological polar surface area (TPSA) is 572 Å². The molecule has 464 valence electrons. The van der Waals surface area contributed by atoms with Gasteiger partial charge in [-0.15, -0.1) is 0 Å². The van der Waals surface area contributed by atoms with E-state index in [0.717, 1.165) is 19.1 Å². The van der Waals surface area contributed by atoms with Gasteiger partial charge in [0.05, 0.1) is 50.7 Å². The van der Waals surface area contributed by atoms with Crippen LogP contribution in [0.15, 0.2) is 28.0 Å². The van der Waals surface area contributed by atoms with Gasteiger partial charge in [-0.05, 0) is 51.7 Å². The molecule has 85 heavy (non-hydrogen) atoms. The van der Waals surface area contributed by atoms with E-state index in [1.807, 2.05) is 10.6 Å². The maximum Gasteiger partial charge on any atom is 0.335 e. The number of primary amides is 1. The lowest BCUT2D eigenvalue weighted by Gasteiger charge is -2.35. The normalized spacial score (nSPS) is 18.8. The number of hydrogen-bond donors (Lipinski definition) is 20. The molecule has 21 N–H and O–H groups in total. The van der Waals surface area contributed by atoms with Crippen molar-refractivity contribution in [3.8, 4) is 17.0 Å². The van der Waals surface area contributed by atoms with Crippen LogP contribution in [0.3, 0.4) is 0 Å². The van der Waals surface area contributed by atoms with Gasteiger partial charge in [0.15, 0.2) is 11.9 Å². The van der Waals surface area contributed by atoms with Gasteiger partial charge in [0.1, 0.15) is 66.1 Å². The summed E-state index contributed by atoms with van der Waals surface area (Å²) < 4.78 is 1.36. The third-order valence-electron chi connectivity index (χ3n) is 13.2. The predicted octanol–water partition coefficient (Wildman–Crippen LogP) is -10.3. The number of rotatable bonds is 27. The number of amidine groups is 1. The monoisotopic (exact) mass is 1200 g/mol. The highest BCUT2D eigenvalue weighted by atomic mass is 16.5. The summed E-state index contributed by atoms with van der Waals surface area (Å²) in [5.41, 5.74) is 4.59. The molecule has 37 heteroatoms. The summed E-state index contributed by atoms with van der Waals surface area (Å²) in [6.45, 7) is -1.75. The van der Waals surface area contributed by atoms with E-state index in [2.05, 4.69) is 58.2 Å². The number of aliphatic hydroxyl groups is 4. The smallest absolute Gasteiger partial charge is 0.335 e. The molecule has 0 aromatic heterocycles. The van der Waals surface area contributed by atoms with Crippen LogP contribution < -0.4 is 75.0 Å². The molecule has 5 rings (SSSR count). The summed E-state index contributed by atoms with van der Waals surface area (Å²) in [6.07, 6.45) is -4.50. The number of hydroxylamine groups is 2. The second kappa shape index (κ2) is 30.1. The van der Waals surface area contributed by atoms with Gasteiger partial charge in [-0.1, -0.05) is 0 Å². The van der Waals surface area contributed by atoms with Gasteiger partial charge < -0.3 is 105 Å². The van der Waals surface area contributed by atoms with Crippen LogP contribution in [-0.4, -0.2) is 235 Å². The van der Waals surface area contributed by atoms with Crippen molar-refractivity contribution in [3.05, 3.63) is 28.4 Å². The highest BCUT2D eigenvalue weighted by Gasteiger charge is 2.39. The van der Waals surface area contributed by atoms with Crippen molar-refractivity contribution >= 4 is 94.2 Å². The van der Waals surface area contributed by atoms with Crippen molar-refractivity contribution in [1.82, 2.24) is 62.8 Å². The van der Waals surface area contributed by atoms with Gasteiger partial charge in [0.2, 0.25) is 70.4 Å². The number of piperidine rings is 1. The maximum atomic E-state index is 14.1. The average Bonchev–Trinajstić information content (AvgIpc) is 1.16. The Kier molecular flexibility index (Phi) is 23.5. The molecular weight excluding hydrogens is 1140 g/mol. The number of aliphatic carboxylic acids is 1. The molecule has 1 fully saturated rings. The molecule has 0 aromatic rings. The van der Waals surface area contributed by atoms with Crippen molar-refractivity contribution in [3.63, 3.8) is 0 Å². The molecule has 1 saturated heterocycles. The number of carboxylic acids is 1. The molecular formula is C48H66N16O21. The SMILES string of the molecule is CC(NC(=O)CNC(=O)C(C)NC(=O)C(NC(=O)C(CO)NC(=O)CNC(=O)C1CCN=C(C(CO)NC(=O)C2CCNc3c(NC(=O)CC(O)C(N)=O)cc4cc(O)c(=O)cc-4n32)N1)C(O)C(=O)O)C(=O)NCC(=O)NC1CCCN(O)C1=O. The lowest BCUT2D eigenvalue weighted by Crippen LogP contribution is -2.62. The first kappa shape index (κ1) is 66.2. The first-order valence-electron chi connectivity index (χ1n) is 26.1. The Hall–Kier alpha value is -9.59. The largest absolute Gasteiger partial charge is 0.504 e. The molecule has 5 aliphatic rings. The Morgan fingerprint density at radius 3 is 2.05 bits per heavy atom. The van der Waals surface area contributed by atoms with Crippen LogP contribution in [0.4, 0.5) is 11.5 Å². The summed E-state index contributed by atoms with van der Waals surface area (Å²) in [7, 11) is 0. The molecule has 37 nitrogen and oxygen atoms in total. The maximum absolute atomic E-state index is 14.1. The van der Waals surface area contributed by atoms with E-state index in [4.69, 9.17) is 5.73 Å². The highest BCUT2D eigenvalue weighted by molar-refractivity contribution is 6.01. The van der Waals surface area contributed by atoms with E-state index < -0.39 is 188 Å². The van der Waals surface area contributed by atoms with E-state index in [0.29, 0.717) is 11.5 Å². The van der Waals surface area contributed by atoms with Crippen LogP contribution in [0.25, 0.3) is 11.3 Å². The number of aromatic hydroxyl groups is 1. The predicted molar refractivity (Wildman–Crippen MR) is 286 cm³/mol. The number of benzene rings is 1. The van der Waals surface area contributed by atoms with Crippen LogP contribution in [0.2, 0.25) is 0 Å². The molecule has 0 radical (unpaired) electrons. The number of aromatic nitrogens is 1. The van der Waals surface area contributed by atoms with E-state index in [9.17, 15) is 103 Å². The molecule has 0 spiro atoms. The van der Waals surface area contributed by atoms with Crippen molar-refractivity contribution in [2.24, 2.45) is 10.7 Å². The van der Waals surface area contributed by atoms with Crippen molar-refractivity contribution < 1.29 is 98.2 Å². The first-order chi connectivity index (χ1) is 40.1. The van der Waals surface area contributed by atoms with Gasteiger partial charge in [0.25, 0.3) is 5.91 Å². The number of fused-ring (bicyclic) bond motifs is 3. The second-order valence-corrected chi connectivity index (χ2v) is 19.5. The third kappa shape index (κ3) is 18.0. The van der Waals surface area contributed by atoms with Crippen LogP contribution in [-0.2, 0) is 62.3 Å². The van der Waals surface area contributed by atoms with Gasteiger partial charge >= 0.3 is 5.97 Å². The standard InChI is InChI=1S/C48H66N16O21/c1-19(41(76)53-15-34(72)57-23-4-3-9-63(85)47(23)82)55-33(71)14-52-42(77)20(2)56-46(81)36(37(74)48(83)84)62-44(79)26(18-66)59-35(73)16-54-43(78)22-5-7-50-39(60-22)25(17-65)61-45(80)27-6-8-51-40-24(58-32(70)13-31(69)38(49)75)10-21-11-29(67)30(68)12-28(21)64(27)40/h10-12,19-20,22-23,25-27,31,36-37,51,65-67,69,74,85H,3-9,13-18H2,1-2H3,(H2,49,75)(H,50,60)(H,52,77)(H,53,76)(H,54,78)(H,55,71)(H,56,81)(H,57,72)(H,58,70)(H,59,73)(H,61,80)(H,62,79)(H,83,84). The highest BCUT2D eigenvalue weighted by Crippen LogP contribution is 2.39. The minimum atomic E-state index is -2.69. The Bertz CT molecular complexity index is 2990. The zero-order valence-electron chi connectivity index (χ0n) is 45.5. The fourth-order valence-corrected chi connectivity index (χ4v) is 8.66. The fraction of sp³-hybridized carbons (Fsp3) is 0.521. The van der Waals surface area contributed by atoms with Crippen molar-refractivity contribution in [2.45, 2.75) is 106 Å². The van der Waals surface area contributed by atoms with Crippen LogP contribution in [0, 0.1) is 0 Å².